The summed E-state index contributed by atoms with van der Waals surface area (Å²) in [7, 11) is 0. The van der Waals surface area contributed by atoms with Gasteiger partial charge in [-0.05, 0) is 23.8 Å². The number of rotatable bonds is 7. The molecule has 2 fully saturated rings. The Labute approximate surface area is 199 Å². The van der Waals surface area contributed by atoms with Crippen LogP contribution in [-0.2, 0) is 20.9 Å². The van der Waals surface area contributed by atoms with Gasteiger partial charge in [0.05, 0.1) is 30.5 Å². The van der Waals surface area contributed by atoms with Crippen molar-refractivity contribution in [3.63, 3.8) is 0 Å². The molecule has 0 bridgehead atoms. The number of anilines is 2. The van der Waals surface area contributed by atoms with Crippen LogP contribution in [-0.4, -0.2) is 80.1 Å². The molecule has 0 unspecified atom stereocenters. The van der Waals surface area contributed by atoms with Gasteiger partial charge in [0.25, 0.3) is 0 Å². The minimum absolute atomic E-state index is 0.0929. The minimum atomic E-state index is -0.513. The van der Waals surface area contributed by atoms with E-state index >= 15 is 0 Å². The highest BCUT2D eigenvalue weighted by Gasteiger charge is 2.32. The van der Waals surface area contributed by atoms with Gasteiger partial charge in [-0.1, -0.05) is 41.9 Å². The van der Waals surface area contributed by atoms with Crippen LogP contribution in [0.4, 0.5) is 11.4 Å². The number of primary amides is 1. The molecular formula is C24H30ClN5O3. The normalized spacial score (nSPS) is 19.9. The average molecular weight is 472 g/mol. The molecular weight excluding hydrogens is 442 g/mol. The number of hydrogen-bond donors (Lipinski definition) is 2. The Kier molecular flexibility index (Phi) is 7.82. The van der Waals surface area contributed by atoms with Gasteiger partial charge < -0.3 is 20.7 Å². The summed E-state index contributed by atoms with van der Waals surface area (Å²) in [6.07, 6.45) is 0. The fourth-order valence-electron chi connectivity index (χ4n) is 4.35. The molecule has 2 aromatic carbocycles. The van der Waals surface area contributed by atoms with Gasteiger partial charge in [-0.25, -0.2) is 0 Å². The molecule has 2 aliphatic rings. The first-order valence-electron chi connectivity index (χ1n) is 11.2. The predicted octanol–water partition coefficient (Wildman–Crippen LogP) is 1.79. The summed E-state index contributed by atoms with van der Waals surface area (Å²) in [4.78, 5) is 31.1. The first kappa shape index (κ1) is 23.5. The molecule has 0 saturated carbocycles. The Morgan fingerprint density at radius 3 is 2.52 bits per heavy atom. The lowest BCUT2D eigenvalue weighted by atomic mass is 10.1. The number of amides is 2. The summed E-state index contributed by atoms with van der Waals surface area (Å²) in [5, 5.41) is 3.48. The van der Waals surface area contributed by atoms with E-state index in [1.165, 1.54) is 5.56 Å². The molecule has 0 spiro atoms. The van der Waals surface area contributed by atoms with E-state index in [2.05, 4.69) is 27.2 Å². The molecule has 4 rings (SSSR count). The first-order chi connectivity index (χ1) is 16.0. The number of hydrogen-bond acceptors (Lipinski definition) is 6. The number of nitrogens with one attached hydrogen (secondary N) is 1. The average Bonchev–Trinajstić information content (AvgIpc) is 2.81. The number of benzene rings is 2. The summed E-state index contributed by atoms with van der Waals surface area (Å²) in [5.41, 5.74) is 8.42. The van der Waals surface area contributed by atoms with E-state index in [1.807, 2.05) is 35.2 Å². The standard InChI is InChI=1S/C24H30ClN5O3/c25-20-14-19(6-7-21(20)29-10-12-33-13-11-29)27-23(31)17-30-9-8-28(16-22(30)24(26)32)15-18-4-2-1-3-5-18/h1-7,14,22H,8-13,15-17H2,(H2,26,32)(H,27,31)/t22-/m1/s1. The summed E-state index contributed by atoms with van der Waals surface area (Å²) in [6, 6.07) is 15.1. The lowest BCUT2D eigenvalue weighted by Crippen LogP contribution is -2.59. The van der Waals surface area contributed by atoms with Crippen molar-refractivity contribution in [2.75, 3.05) is 62.7 Å². The molecule has 2 aromatic rings. The van der Waals surface area contributed by atoms with Gasteiger partial charge >= 0.3 is 0 Å². The third kappa shape index (κ3) is 6.23. The Bertz CT molecular complexity index is 968. The van der Waals surface area contributed by atoms with Gasteiger partial charge in [0.2, 0.25) is 11.8 Å². The highest BCUT2D eigenvalue weighted by atomic mass is 35.5. The Morgan fingerprint density at radius 2 is 1.82 bits per heavy atom. The van der Waals surface area contributed by atoms with Gasteiger partial charge in [0.1, 0.15) is 6.04 Å². The van der Waals surface area contributed by atoms with Gasteiger partial charge in [0, 0.05) is 45.0 Å². The van der Waals surface area contributed by atoms with Crippen molar-refractivity contribution in [1.29, 1.82) is 0 Å². The zero-order chi connectivity index (χ0) is 23.2. The highest BCUT2D eigenvalue weighted by Crippen LogP contribution is 2.29. The molecule has 2 heterocycles. The molecule has 176 valence electrons. The maximum absolute atomic E-state index is 12.7. The molecule has 8 nitrogen and oxygen atoms in total. The van der Waals surface area contributed by atoms with Crippen LogP contribution >= 0.6 is 11.6 Å². The van der Waals surface area contributed by atoms with Crippen LogP contribution in [0.5, 0.6) is 0 Å². The van der Waals surface area contributed by atoms with Crippen LogP contribution in [0.2, 0.25) is 5.02 Å². The lowest BCUT2D eigenvalue weighted by Gasteiger charge is -2.39. The van der Waals surface area contributed by atoms with E-state index in [0.29, 0.717) is 37.0 Å². The van der Waals surface area contributed by atoms with Gasteiger partial charge in [-0.15, -0.1) is 0 Å². The number of halogens is 1. The Hall–Kier alpha value is -2.65. The summed E-state index contributed by atoms with van der Waals surface area (Å²) in [5.74, 6) is -0.619. The monoisotopic (exact) mass is 471 g/mol. The second-order valence-electron chi connectivity index (χ2n) is 8.42. The van der Waals surface area contributed by atoms with Crippen molar-refractivity contribution >= 4 is 34.8 Å². The lowest BCUT2D eigenvalue weighted by molar-refractivity contribution is -0.127. The van der Waals surface area contributed by atoms with Crippen LogP contribution in [0.15, 0.2) is 48.5 Å². The number of nitrogens with zero attached hydrogens (tertiary/aromatic N) is 3. The smallest absolute Gasteiger partial charge is 0.238 e. The van der Waals surface area contributed by atoms with Gasteiger partial charge in [-0.2, -0.15) is 0 Å². The predicted molar refractivity (Wildman–Crippen MR) is 129 cm³/mol. The first-order valence-corrected chi connectivity index (χ1v) is 11.6. The van der Waals surface area contributed by atoms with E-state index in [-0.39, 0.29) is 12.5 Å². The van der Waals surface area contributed by atoms with Crippen molar-refractivity contribution in [3.8, 4) is 0 Å². The van der Waals surface area contributed by atoms with E-state index < -0.39 is 11.9 Å². The third-order valence-corrected chi connectivity index (χ3v) is 6.39. The molecule has 0 aromatic heterocycles. The zero-order valence-corrected chi connectivity index (χ0v) is 19.3. The van der Waals surface area contributed by atoms with Crippen LogP contribution in [0.3, 0.4) is 0 Å². The van der Waals surface area contributed by atoms with Crippen LogP contribution in [0, 0.1) is 0 Å². The number of morpholine rings is 1. The summed E-state index contributed by atoms with van der Waals surface area (Å²) < 4.78 is 5.39. The van der Waals surface area contributed by atoms with Crippen LogP contribution in [0.25, 0.3) is 0 Å². The Balaban J connectivity index is 1.33. The molecule has 1 atom stereocenters. The van der Waals surface area contributed by atoms with Gasteiger partial charge in [-0.3, -0.25) is 19.4 Å². The molecule has 2 aliphatic heterocycles. The molecule has 9 heteroatoms. The van der Waals surface area contributed by atoms with Crippen molar-refractivity contribution in [2.45, 2.75) is 12.6 Å². The number of piperazine rings is 1. The summed E-state index contributed by atoms with van der Waals surface area (Å²) in [6.45, 7) is 5.61. The molecule has 33 heavy (non-hydrogen) atoms. The molecule has 3 N–H and O–H groups in total. The molecule has 2 saturated heterocycles. The maximum atomic E-state index is 12.7. The van der Waals surface area contributed by atoms with E-state index in [1.54, 1.807) is 6.07 Å². The number of ether oxygens (including phenoxy) is 1. The number of carbonyl (C=O) groups is 2. The van der Waals surface area contributed by atoms with Gasteiger partial charge in [0.15, 0.2) is 0 Å². The third-order valence-electron chi connectivity index (χ3n) is 6.08. The molecule has 0 radical (unpaired) electrons. The largest absolute Gasteiger partial charge is 0.378 e. The SMILES string of the molecule is NC(=O)[C@H]1CN(Cc2ccccc2)CCN1CC(=O)Nc1ccc(N2CCOCC2)c(Cl)c1. The van der Waals surface area contributed by atoms with Crippen LogP contribution in [0.1, 0.15) is 5.56 Å². The van der Waals surface area contributed by atoms with E-state index in [0.717, 1.165) is 31.9 Å². The second-order valence-corrected chi connectivity index (χ2v) is 8.83. The van der Waals surface area contributed by atoms with E-state index in [4.69, 9.17) is 22.1 Å². The quantitative estimate of drug-likeness (QED) is 0.639. The second kappa shape index (κ2) is 11.0. The van der Waals surface area contributed by atoms with Crippen molar-refractivity contribution < 1.29 is 14.3 Å². The minimum Gasteiger partial charge on any atom is -0.378 e. The van der Waals surface area contributed by atoms with Crippen molar-refractivity contribution in [2.24, 2.45) is 5.73 Å². The zero-order valence-electron chi connectivity index (χ0n) is 18.6. The number of carbonyl (C=O) groups excluding carboxylic acids is 2. The van der Waals surface area contributed by atoms with Crippen LogP contribution < -0.4 is 16.0 Å². The van der Waals surface area contributed by atoms with Crippen molar-refractivity contribution in [1.82, 2.24) is 9.80 Å². The maximum Gasteiger partial charge on any atom is 0.238 e. The summed E-state index contributed by atoms with van der Waals surface area (Å²) >= 11 is 6.47. The number of nitrogens with two attached hydrogens (primary N) is 1. The Morgan fingerprint density at radius 1 is 1.06 bits per heavy atom. The molecule has 0 aliphatic carbocycles. The molecule has 2 amide bonds. The van der Waals surface area contributed by atoms with Crippen molar-refractivity contribution in [3.05, 3.63) is 59.1 Å². The highest BCUT2D eigenvalue weighted by molar-refractivity contribution is 6.33. The topological polar surface area (TPSA) is 91.1 Å². The van der Waals surface area contributed by atoms with E-state index in [9.17, 15) is 9.59 Å². The fourth-order valence-corrected chi connectivity index (χ4v) is 4.65. The fraction of sp³-hybridized carbons (Fsp3) is 0.417.